The maximum atomic E-state index is 12.4. The molecule has 3 atom stereocenters. The number of benzene rings is 1. The van der Waals surface area contributed by atoms with Crippen LogP contribution in [0.5, 0.6) is 0 Å². The van der Waals surface area contributed by atoms with Crippen molar-refractivity contribution in [1.82, 2.24) is 9.80 Å². The average molecular weight is 246 g/mol. The largest absolute Gasteiger partial charge is 0.395 e. The van der Waals surface area contributed by atoms with Crippen LogP contribution >= 0.6 is 0 Å². The Labute approximate surface area is 107 Å². The minimum atomic E-state index is 0.113. The van der Waals surface area contributed by atoms with E-state index in [1.807, 2.05) is 35.2 Å². The lowest BCUT2D eigenvalue weighted by Crippen LogP contribution is -2.40. The molecule has 96 valence electrons. The first kappa shape index (κ1) is 11.7. The molecule has 0 aliphatic carbocycles. The molecule has 0 radical (unpaired) electrons. The first-order valence-corrected chi connectivity index (χ1v) is 6.50. The Balaban J connectivity index is 1.77. The highest BCUT2D eigenvalue weighted by molar-refractivity contribution is 5.94. The van der Waals surface area contributed by atoms with Crippen molar-refractivity contribution in [3.05, 3.63) is 35.9 Å². The maximum Gasteiger partial charge on any atom is 0.255 e. The smallest absolute Gasteiger partial charge is 0.255 e. The highest BCUT2D eigenvalue weighted by Crippen LogP contribution is 2.28. The first-order chi connectivity index (χ1) is 8.79. The lowest BCUT2D eigenvalue weighted by molar-refractivity contribution is 0.0719. The van der Waals surface area contributed by atoms with Crippen LogP contribution in [0.25, 0.3) is 0 Å². The van der Waals surface area contributed by atoms with Crippen molar-refractivity contribution < 1.29 is 9.90 Å². The van der Waals surface area contributed by atoms with Gasteiger partial charge in [0.05, 0.1) is 13.3 Å². The van der Waals surface area contributed by atoms with Crippen LogP contribution in [0.15, 0.2) is 30.3 Å². The Bertz CT molecular complexity index is 435. The molecule has 1 aromatic rings. The number of aliphatic hydroxyl groups is 1. The van der Waals surface area contributed by atoms with Crippen molar-refractivity contribution in [2.24, 2.45) is 0 Å². The zero-order valence-corrected chi connectivity index (χ0v) is 10.3. The van der Waals surface area contributed by atoms with Gasteiger partial charge >= 0.3 is 0 Å². The van der Waals surface area contributed by atoms with Crippen LogP contribution in [-0.4, -0.2) is 52.7 Å². The quantitative estimate of drug-likeness (QED) is 0.844. The number of fused-ring (bicyclic) bond motifs is 2. The van der Waals surface area contributed by atoms with Gasteiger partial charge in [0.25, 0.3) is 5.91 Å². The van der Waals surface area contributed by atoms with Gasteiger partial charge in [-0.2, -0.15) is 0 Å². The van der Waals surface area contributed by atoms with Crippen molar-refractivity contribution in [3.63, 3.8) is 0 Å². The number of carbonyl (C=O) groups excluding carboxylic acids is 1. The summed E-state index contributed by atoms with van der Waals surface area (Å²) in [4.78, 5) is 16.6. The van der Waals surface area contributed by atoms with Crippen LogP contribution in [0.4, 0.5) is 0 Å². The number of aliphatic hydroxyl groups excluding tert-OH is 1. The average Bonchev–Trinajstić information content (AvgIpc) is 2.77. The van der Waals surface area contributed by atoms with Crippen LogP contribution in [0, 0.1) is 0 Å². The molecule has 2 aliphatic heterocycles. The number of nitrogens with zero attached hydrogens (tertiary/aromatic N) is 2. The summed E-state index contributed by atoms with van der Waals surface area (Å²) in [6.07, 6.45) is 1.99. The number of carbonyl (C=O) groups is 1. The normalized spacial score (nSPS) is 30.5. The molecule has 2 fully saturated rings. The summed E-state index contributed by atoms with van der Waals surface area (Å²) in [5, 5.41) is 9.31. The van der Waals surface area contributed by atoms with E-state index in [-0.39, 0.29) is 18.6 Å². The highest BCUT2D eigenvalue weighted by atomic mass is 16.3. The molecule has 1 aromatic carbocycles. The minimum absolute atomic E-state index is 0.113. The molecule has 1 amide bonds. The number of rotatable bonds is 2. The van der Waals surface area contributed by atoms with E-state index in [1.165, 1.54) is 0 Å². The Morgan fingerprint density at radius 2 is 2.06 bits per heavy atom. The summed E-state index contributed by atoms with van der Waals surface area (Å²) in [5.41, 5.74) is 0.756. The third-order valence-electron chi connectivity index (χ3n) is 4.06. The van der Waals surface area contributed by atoms with Gasteiger partial charge in [-0.05, 0) is 25.0 Å². The molecule has 0 saturated carbocycles. The topological polar surface area (TPSA) is 43.8 Å². The molecular weight excluding hydrogens is 228 g/mol. The van der Waals surface area contributed by atoms with Crippen molar-refractivity contribution in [2.45, 2.75) is 24.9 Å². The molecule has 0 aromatic heterocycles. The summed E-state index contributed by atoms with van der Waals surface area (Å²) < 4.78 is 0. The third-order valence-corrected chi connectivity index (χ3v) is 4.06. The van der Waals surface area contributed by atoms with Crippen molar-refractivity contribution >= 4 is 5.91 Å². The van der Waals surface area contributed by atoms with Crippen molar-refractivity contribution in [2.75, 3.05) is 19.8 Å². The number of hydrogen-bond acceptors (Lipinski definition) is 3. The summed E-state index contributed by atoms with van der Waals surface area (Å²) in [6, 6.07) is 9.99. The van der Waals surface area contributed by atoms with Crippen LogP contribution in [-0.2, 0) is 0 Å². The van der Waals surface area contributed by atoms with E-state index in [0.29, 0.717) is 12.7 Å². The summed E-state index contributed by atoms with van der Waals surface area (Å²) >= 11 is 0. The van der Waals surface area contributed by atoms with Crippen LogP contribution in [0.1, 0.15) is 23.2 Å². The van der Waals surface area contributed by atoms with Crippen molar-refractivity contribution in [3.8, 4) is 0 Å². The van der Waals surface area contributed by atoms with E-state index in [0.717, 1.165) is 24.9 Å². The van der Waals surface area contributed by atoms with E-state index in [9.17, 15) is 9.90 Å². The van der Waals surface area contributed by atoms with Crippen LogP contribution < -0.4 is 0 Å². The van der Waals surface area contributed by atoms with Crippen LogP contribution in [0.3, 0.4) is 0 Å². The summed E-state index contributed by atoms with van der Waals surface area (Å²) in [6.45, 7) is 1.76. The number of amides is 1. The minimum Gasteiger partial charge on any atom is -0.395 e. The molecule has 2 heterocycles. The molecule has 0 spiro atoms. The first-order valence-electron chi connectivity index (χ1n) is 6.50. The monoisotopic (exact) mass is 246 g/mol. The fourth-order valence-corrected chi connectivity index (χ4v) is 3.00. The number of hydrogen-bond donors (Lipinski definition) is 1. The molecule has 1 N–H and O–H groups in total. The highest BCUT2D eigenvalue weighted by Gasteiger charge is 2.40. The van der Waals surface area contributed by atoms with Crippen LogP contribution in [0.2, 0.25) is 0 Å². The second kappa shape index (κ2) is 4.71. The molecule has 4 heteroatoms. The Morgan fingerprint density at radius 1 is 1.28 bits per heavy atom. The molecule has 4 nitrogen and oxygen atoms in total. The predicted molar refractivity (Wildman–Crippen MR) is 68.1 cm³/mol. The maximum absolute atomic E-state index is 12.4. The molecule has 18 heavy (non-hydrogen) atoms. The van der Waals surface area contributed by atoms with Gasteiger partial charge in [-0.25, -0.2) is 0 Å². The van der Waals surface area contributed by atoms with Gasteiger partial charge in [-0.3, -0.25) is 9.69 Å². The summed E-state index contributed by atoms with van der Waals surface area (Å²) in [5.74, 6) is 0.113. The van der Waals surface area contributed by atoms with Gasteiger partial charge < -0.3 is 10.0 Å². The van der Waals surface area contributed by atoms with E-state index in [4.69, 9.17) is 0 Å². The zero-order valence-electron chi connectivity index (χ0n) is 10.3. The SMILES string of the molecule is O=C(c1ccccc1)N1CN2CC1CCC2CO. The number of piperidine rings is 1. The van der Waals surface area contributed by atoms with Gasteiger partial charge in [-0.15, -0.1) is 0 Å². The second-order valence-corrected chi connectivity index (χ2v) is 5.12. The predicted octanol–water partition coefficient (Wildman–Crippen LogP) is 0.925. The molecule has 3 unspecified atom stereocenters. The lowest BCUT2D eigenvalue weighted by Gasteiger charge is -2.29. The Morgan fingerprint density at radius 3 is 2.78 bits per heavy atom. The van der Waals surface area contributed by atoms with Gasteiger partial charge in [0.15, 0.2) is 0 Å². The van der Waals surface area contributed by atoms with E-state index < -0.39 is 0 Å². The summed E-state index contributed by atoms with van der Waals surface area (Å²) in [7, 11) is 0. The molecule has 2 bridgehead atoms. The molecule has 2 aliphatic rings. The zero-order chi connectivity index (χ0) is 12.5. The fraction of sp³-hybridized carbons (Fsp3) is 0.500. The second-order valence-electron chi connectivity index (χ2n) is 5.12. The van der Waals surface area contributed by atoms with E-state index in [1.54, 1.807) is 0 Å². The molecule has 2 saturated heterocycles. The van der Waals surface area contributed by atoms with Gasteiger partial charge in [-0.1, -0.05) is 18.2 Å². The van der Waals surface area contributed by atoms with Crippen molar-refractivity contribution in [1.29, 1.82) is 0 Å². The van der Waals surface area contributed by atoms with Gasteiger partial charge in [0.1, 0.15) is 0 Å². The van der Waals surface area contributed by atoms with E-state index >= 15 is 0 Å². The van der Waals surface area contributed by atoms with Gasteiger partial charge in [0.2, 0.25) is 0 Å². The van der Waals surface area contributed by atoms with E-state index in [2.05, 4.69) is 4.90 Å². The lowest BCUT2D eigenvalue weighted by atomic mass is 10.0. The fourth-order valence-electron chi connectivity index (χ4n) is 3.00. The third kappa shape index (κ3) is 1.91. The Kier molecular flexibility index (Phi) is 3.06. The standard InChI is InChI=1S/C14H18N2O2/c17-9-13-7-6-12-8-15(13)10-16(12)14(18)11-4-2-1-3-5-11/h1-5,12-13,17H,6-10H2. The Hall–Kier alpha value is -1.39. The molecule has 3 rings (SSSR count). The van der Waals surface area contributed by atoms with Gasteiger partial charge in [0, 0.05) is 24.2 Å². The molecular formula is C14H18N2O2.